The summed E-state index contributed by atoms with van der Waals surface area (Å²) in [5.41, 5.74) is 3.35. The minimum Gasteiger partial charge on any atom is -0.340 e. The molecule has 0 aromatic heterocycles. The van der Waals surface area contributed by atoms with Crippen LogP contribution in [0.5, 0.6) is 0 Å². The van der Waals surface area contributed by atoms with E-state index in [1.54, 1.807) is 34.1 Å². The summed E-state index contributed by atoms with van der Waals surface area (Å²) in [4.78, 5) is 42.8. The average molecular weight is 470 g/mol. The van der Waals surface area contributed by atoms with Gasteiger partial charge in [0.2, 0.25) is 5.91 Å². The Labute approximate surface area is 206 Å². The van der Waals surface area contributed by atoms with Crippen molar-refractivity contribution >= 4 is 17.7 Å². The summed E-state index contributed by atoms with van der Waals surface area (Å²) in [5.74, 6) is -0.417. The average Bonchev–Trinajstić information content (AvgIpc) is 2.93. The highest BCUT2D eigenvalue weighted by atomic mass is 16.2. The van der Waals surface area contributed by atoms with E-state index in [-0.39, 0.29) is 17.7 Å². The first-order valence-corrected chi connectivity index (χ1v) is 12.1. The second kappa shape index (κ2) is 11.5. The molecule has 180 valence electrons. The first kappa shape index (κ1) is 24.2. The van der Waals surface area contributed by atoms with Crippen molar-refractivity contribution in [2.24, 2.45) is 0 Å². The lowest BCUT2D eigenvalue weighted by molar-refractivity contribution is -0.134. The lowest BCUT2D eigenvalue weighted by Crippen LogP contribution is -2.56. The zero-order valence-corrected chi connectivity index (χ0v) is 20.0. The van der Waals surface area contributed by atoms with Gasteiger partial charge in [-0.3, -0.25) is 14.4 Å². The first-order valence-electron chi connectivity index (χ1n) is 12.1. The number of hydrogen-bond donors (Lipinski definition) is 1. The Kier molecular flexibility index (Phi) is 7.93. The molecule has 35 heavy (non-hydrogen) atoms. The standard InChI is InChI=1S/C29H31N3O3/c1-2-22-13-15-25(16-14-22)28(34)31-17-19-32(20-18-31)29(35)26(21-23-9-5-3-6-10-23)30-27(33)24-11-7-4-8-12-24/h3-16,26H,2,17-21H2,1H3,(H,30,33). The molecule has 1 atom stereocenters. The van der Waals surface area contributed by atoms with Gasteiger partial charge in [-0.15, -0.1) is 0 Å². The Morgan fingerprint density at radius 1 is 0.714 bits per heavy atom. The van der Waals surface area contributed by atoms with Crippen molar-refractivity contribution in [2.75, 3.05) is 26.2 Å². The van der Waals surface area contributed by atoms with Gasteiger partial charge in [-0.05, 0) is 41.8 Å². The van der Waals surface area contributed by atoms with Crippen molar-refractivity contribution in [1.29, 1.82) is 0 Å². The minimum absolute atomic E-state index is 0.0158. The summed E-state index contributed by atoms with van der Waals surface area (Å²) in [6, 6.07) is 25.6. The molecule has 1 N–H and O–H groups in total. The van der Waals surface area contributed by atoms with Gasteiger partial charge < -0.3 is 15.1 Å². The molecule has 0 radical (unpaired) electrons. The van der Waals surface area contributed by atoms with E-state index in [2.05, 4.69) is 12.2 Å². The zero-order chi connectivity index (χ0) is 24.6. The molecule has 3 aromatic carbocycles. The van der Waals surface area contributed by atoms with Gasteiger partial charge in [-0.2, -0.15) is 0 Å². The Morgan fingerprint density at radius 2 is 1.29 bits per heavy atom. The van der Waals surface area contributed by atoms with E-state index in [0.29, 0.717) is 43.7 Å². The summed E-state index contributed by atoms with van der Waals surface area (Å²) in [7, 11) is 0. The van der Waals surface area contributed by atoms with Crippen molar-refractivity contribution in [1.82, 2.24) is 15.1 Å². The summed E-state index contributed by atoms with van der Waals surface area (Å²) in [6.07, 6.45) is 1.33. The van der Waals surface area contributed by atoms with Crippen LogP contribution in [0.3, 0.4) is 0 Å². The second-order valence-corrected chi connectivity index (χ2v) is 8.75. The quantitative estimate of drug-likeness (QED) is 0.575. The van der Waals surface area contributed by atoms with E-state index < -0.39 is 6.04 Å². The molecule has 1 aliphatic heterocycles. The van der Waals surface area contributed by atoms with Crippen molar-refractivity contribution in [3.8, 4) is 0 Å². The highest BCUT2D eigenvalue weighted by Crippen LogP contribution is 2.14. The minimum atomic E-state index is -0.686. The van der Waals surface area contributed by atoms with Gasteiger partial charge in [0.15, 0.2) is 0 Å². The number of piperazine rings is 1. The molecule has 0 bridgehead atoms. The molecule has 6 heteroatoms. The SMILES string of the molecule is CCc1ccc(C(=O)N2CCN(C(=O)C(Cc3ccccc3)NC(=O)c3ccccc3)CC2)cc1. The molecule has 4 rings (SSSR count). The normalized spacial score (nSPS) is 14.3. The van der Waals surface area contributed by atoms with Gasteiger partial charge in [0.05, 0.1) is 0 Å². The van der Waals surface area contributed by atoms with Crippen LogP contribution < -0.4 is 5.32 Å². The number of rotatable bonds is 7. The molecule has 1 heterocycles. The molecular formula is C29H31N3O3. The van der Waals surface area contributed by atoms with Gasteiger partial charge in [-0.1, -0.05) is 67.6 Å². The molecule has 3 amide bonds. The summed E-state index contributed by atoms with van der Waals surface area (Å²) in [5, 5.41) is 2.94. The molecule has 1 aliphatic rings. The van der Waals surface area contributed by atoms with Crippen LogP contribution >= 0.6 is 0 Å². The van der Waals surface area contributed by atoms with Crippen LogP contribution in [0.2, 0.25) is 0 Å². The molecule has 3 aromatic rings. The third-order valence-electron chi connectivity index (χ3n) is 6.41. The smallest absolute Gasteiger partial charge is 0.253 e. The highest BCUT2D eigenvalue weighted by molar-refractivity contribution is 5.98. The predicted octanol–water partition coefficient (Wildman–Crippen LogP) is 3.57. The predicted molar refractivity (Wildman–Crippen MR) is 136 cm³/mol. The Hall–Kier alpha value is -3.93. The Balaban J connectivity index is 1.42. The molecule has 1 fully saturated rings. The number of carbonyl (C=O) groups excluding carboxylic acids is 3. The van der Waals surface area contributed by atoms with Crippen molar-refractivity contribution in [2.45, 2.75) is 25.8 Å². The third kappa shape index (κ3) is 6.15. The fourth-order valence-electron chi connectivity index (χ4n) is 4.30. The van der Waals surface area contributed by atoms with E-state index in [9.17, 15) is 14.4 Å². The van der Waals surface area contributed by atoms with E-state index in [1.807, 2.05) is 60.7 Å². The molecule has 0 spiro atoms. The van der Waals surface area contributed by atoms with E-state index in [0.717, 1.165) is 12.0 Å². The molecule has 6 nitrogen and oxygen atoms in total. The third-order valence-corrected chi connectivity index (χ3v) is 6.41. The number of aryl methyl sites for hydroxylation is 1. The number of nitrogens with one attached hydrogen (secondary N) is 1. The number of nitrogens with zero attached hydrogens (tertiary/aromatic N) is 2. The van der Waals surface area contributed by atoms with Gasteiger partial charge in [0.25, 0.3) is 11.8 Å². The van der Waals surface area contributed by atoms with Crippen molar-refractivity contribution in [3.05, 3.63) is 107 Å². The largest absolute Gasteiger partial charge is 0.340 e. The molecule has 0 aliphatic carbocycles. The van der Waals surface area contributed by atoms with Crippen LogP contribution in [0.25, 0.3) is 0 Å². The molecule has 1 unspecified atom stereocenters. The summed E-state index contributed by atoms with van der Waals surface area (Å²) < 4.78 is 0. The Morgan fingerprint density at radius 3 is 1.89 bits per heavy atom. The maximum atomic E-state index is 13.5. The number of benzene rings is 3. The number of amides is 3. The van der Waals surface area contributed by atoms with Crippen LogP contribution in [0, 0.1) is 0 Å². The van der Waals surface area contributed by atoms with Gasteiger partial charge in [-0.25, -0.2) is 0 Å². The van der Waals surface area contributed by atoms with Crippen LogP contribution in [-0.4, -0.2) is 59.7 Å². The fraction of sp³-hybridized carbons (Fsp3) is 0.276. The highest BCUT2D eigenvalue weighted by Gasteiger charge is 2.30. The maximum absolute atomic E-state index is 13.5. The van der Waals surface area contributed by atoms with Gasteiger partial charge in [0, 0.05) is 43.7 Å². The van der Waals surface area contributed by atoms with Crippen molar-refractivity contribution < 1.29 is 14.4 Å². The lowest BCUT2D eigenvalue weighted by atomic mass is 10.0. The van der Waals surface area contributed by atoms with Crippen molar-refractivity contribution in [3.63, 3.8) is 0 Å². The molecule has 1 saturated heterocycles. The second-order valence-electron chi connectivity index (χ2n) is 8.75. The van der Waals surface area contributed by atoms with Crippen LogP contribution in [-0.2, 0) is 17.6 Å². The monoisotopic (exact) mass is 469 g/mol. The molecule has 0 saturated carbocycles. The lowest BCUT2D eigenvalue weighted by Gasteiger charge is -2.36. The Bertz CT molecular complexity index is 1140. The summed E-state index contributed by atoms with van der Waals surface area (Å²) in [6.45, 7) is 3.88. The summed E-state index contributed by atoms with van der Waals surface area (Å²) >= 11 is 0. The van der Waals surface area contributed by atoms with E-state index in [1.165, 1.54) is 5.56 Å². The first-order chi connectivity index (χ1) is 17.0. The zero-order valence-electron chi connectivity index (χ0n) is 20.0. The van der Waals surface area contributed by atoms with Crippen LogP contribution in [0.15, 0.2) is 84.9 Å². The van der Waals surface area contributed by atoms with Crippen LogP contribution in [0.1, 0.15) is 38.8 Å². The van der Waals surface area contributed by atoms with E-state index >= 15 is 0 Å². The van der Waals surface area contributed by atoms with Gasteiger partial charge in [0.1, 0.15) is 6.04 Å². The van der Waals surface area contributed by atoms with E-state index in [4.69, 9.17) is 0 Å². The fourth-order valence-corrected chi connectivity index (χ4v) is 4.30. The van der Waals surface area contributed by atoms with Gasteiger partial charge >= 0.3 is 0 Å². The topological polar surface area (TPSA) is 69.7 Å². The van der Waals surface area contributed by atoms with Crippen LogP contribution in [0.4, 0.5) is 0 Å². The number of carbonyl (C=O) groups is 3. The molecular weight excluding hydrogens is 438 g/mol. The maximum Gasteiger partial charge on any atom is 0.253 e. The number of hydrogen-bond acceptors (Lipinski definition) is 3.